The van der Waals surface area contributed by atoms with Gasteiger partial charge in [-0.3, -0.25) is 0 Å². The molecule has 2 heterocycles. The largest absolute Gasteiger partial charge is 0.350 e. The van der Waals surface area contributed by atoms with Gasteiger partial charge in [0.1, 0.15) is 5.82 Å². The molecule has 8 heteroatoms. The zero-order valence-corrected chi connectivity index (χ0v) is 18.0. The SMILES string of the molecule is CCc1ccc(S(=O)(=O)N2CCCC(c3nn(C)c(=O)n3-c3ccccc3)C2)cc1. The van der Waals surface area contributed by atoms with Crippen molar-refractivity contribution in [2.24, 2.45) is 7.05 Å². The summed E-state index contributed by atoms with van der Waals surface area (Å²) < 4.78 is 30.9. The van der Waals surface area contributed by atoms with Crippen LogP contribution in [0.15, 0.2) is 64.3 Å². The highest BCUT2D eigenvalue weighted by atomic mass is 32.2. The fourth-order valence-electron chi connectivity index (χ4n) is 3.99. The van der Waals surface area contributed by atoms with Gasteiger partial charge < -0.3 is 0 Å². The normalized spacial score (nSPS) is 17.9. The van der Waals surface area contributed by atoms with E-state index in [-0.39, 0.29) is 11.6 Å². The van der Waals surface area contributed by atoms with Crippen LogP contribution in [0.4, 0.5) is 0 Å². The van der Waals surface area contributed by atoms with Crippen LogP contribution in [0.1, 0.15) is 37.1 Å². The first-order chi connectivity index (χ1) is 14.4. The molecule has 0 spiro atoms. The fourth-order valence-corrected chi connectivity index (χ4v) is 5.51. The molecule has 0 aliphatic carbocycles. The van der Waals surface area contributed by atoms with Crippen LogP contribution >= 0.6 is 0 Å². The van der Waals surface area contributed by atoms with Gasteiger partial charge >= 0.3 is 5.69 Å². The highest BCUT2D eigenvalue weighted by Crippen LogP contribution is 2.30. The Kier molecular flexibility index (Phi) is 5.62. The molecular formula is C22H26N4O3S. The molecule has 3 aromatic rings. The van der Waals surface area contributed by atoms with E-state index in [0.29, 0.717) is 23.8 Å². The minimum absolute atomic E-state index is 0.155. The number of rotatable bonds is 5. The number of benzene rings is 2. The van der Waals surface area contributed by atoms with Crippen molar-refractivity contribution in [2.75, 3.05) is 13.1 Å². The molecule has 1 fully saturated rings. The van der Waals surface area contributed by atoms with Gasteiger partial charge in [0.15, 0.2) is 0 Å². The second-order valence-electron chi connectivity index (χ2n) is 7.64. The van der Waals surface area contributed by atoms with E-state index in [4.69, 9.17) is 0 Å². The lowest BCUT2D eigenvalue weighted by Crippen LogP contribution is -2.40. The summed E-state index contributed by atoms with van der Waals surface area (Å²) in [7, 11) is -1.97. The maximum absolute atomic E-state index is 13.2. The summed E-state index contributed by atoms with van der Waals surface area (Å²) in [6, 6.07) is 16.4. The predicted octanol–water partition coefficient (Wildman–Crippen LogP) is 2.70. The van der Waals surface area contributed by atoms with E-state index in [9.17, 15) is 13.2 Å². The fraction of sp³-hybridized carbons (Fsp3) is 0.364. The van der Waals surface area contributed by atoms with Gasteiger partial charge in [0.25, 0.3) is 0 Å². The molecule has 4 rings (SSSR count). The van der Waals surface area contributed by atoms with Crippen LogP contribution in [0, 0.1) is 0 Å². The number of nitrogens with zero attached hydrogens (tertiary/aromatic N) is 4. The Balaban J connectivity index is 1.67. The van der Waals surface area contributed by atoms with Crippen molar-refractivity contribution in [1.82, 2.24) is 18.7 Å². The zero-order chi connectivity index (χ0) is 21.3. The quantitative estimate of drug-likeness (QED) is 0.629. The number of sulfonamides is 1. The lowest BCUT2D eigenvalue weighted by atomic mass is 9.98. The van der Waals surface area contributed by atoms with Crippen LogP contribution in [0.25, 0.3) is 5.69 Å². The molecule has 0 N–H and O–H groups in total. The second-order valence-corrected chi connectivity index (χ2v) is 9.57. The monoisotopic (exact) mass is 426 g/mol. The van der Waals surface area contributed by atoms with E-state index in [1.165, 1.54) is 8.99 Å². The van der Waals surface area contributed by atoms with Crippen LogP contribution in [0.2, 0.25) is 0 Å². The first kappa shape index (κ1) is 20.6. The Bertz CT molecular complexity index is 1180. The summed E-state index contributed by atoms with van der Waals surface area (Å²) in [5.74, 6) is 0.451. The van der Waals surface area contributed by atoms with Gasteiger partial charge in [-0.25, -0.2) is 22.5 Å². The van der Waals surface area contributed by atoms with Gasteiger partial charge in [-0.1, -0.05) is 37.3 Å². The number of aryl methyl sites for hydroxylation is 2. The van der Waals surface area contributed by atoms with E-state index < -0.39 is 10.0 Å². The third-order valence-electron chi connectivity index (χ3n) is 5.68. The number of piperidine rings is 1. The highest BCUT2D eigenvalue weighted by Gasteiger charge is 2.33. The van der Waals surface area contributed by atoms with E-state index in [0.717, 1.165) is 30.5 Å². The van der Waals surface area contributed by atoms with Crippen LogP contribution in [-0.2, 0) is 23.5 Å². The molecule has 7 nitrogen and oxygen atoms in total. The van der Waals surface area contributed by atoms with Gasteiger partial charge in [0, 0.05) is 26.1 Å². The molecule has 1 atom stereocenters. The van der Waals surface area contributed by atoms with Crippen molar-refractivity contribution in [3.8, 4) is 5.69 Å². The Morgan fingerprint density at radius 3 is 2.43 bits per heavy atom. The average molecular weight is 427 g/mol. The van der Waals surface area contributed by atoms with Crippen LogP contribution in [-0.4, -0.2) is 40.2 Å². The molecule has 1 aliphatic heterocycles. The number of aromatic nitrogens is 3. The third kappa shape index (κ3) is 3.73. The van der Waals surface area contributed by atoms with E-state index in [2.05, 4.69) is 5.10 Å². The van der Waals surface area contributed by atoms with Gasteiger partial charge in [0.05, 0.1) is 10.6 Å². The minimum atomic E-state index is -3.60. The second kappa shape index (κ2) is 8.20. The van der Waals surface area contributed by atoms with E-state index in [1.807, 2.05) is 49.4 Å². The predicted molar refractivity (Wildman–Crippen MR) is 115 cm³/mol. The Labute approximate surface area is 176 Å². The molecule has 1 aliphatic rings. The van der Waals surface area contributed by atoms with Crippen LogP contribution < -0.4 is 5.69 Å². The molecular weight excluding hydrogens is 400 g/mol. The standard InChI is InChI=1S/C22H26N4O3S/c1-3-17-11-13-20(14-12-17)30(28,29)25-15-7-8-18(16-25)21-23-24(2)22(27)26(21)19-9-5-4-6-10-19/h4-6,9-14,18H,3,7-8,15-16H2,1-2H3. The Morgan fingerprint density at radius 2 is 1.77 bits per heavy atom. The topological polar surface area (TPSA) is 77.2 Å². The van der Waals surface area contributed by atoms with E-state index >= 15 is 0 Å². The first-order valence-corrected chi connectivity index (χ1v) is 11.7. The molecule has 30 heavy (non-hydrogen) atoms. The average Bonchev–Trinajstić information content (AvgIpc) is 3.09. The third-order valence-corrected chi connectivity index (χ3v) is 7.56. The molecule has 2 aromatic carbocycles. The van der Waals surface area contributed by atoms with Crippen LogP contribution in [0.3, 0.4) is 0 Å². The van der Waals surface area contributed by atoms with Crippen LogP contribution in [0.5, 0.6) is 0 Å². The number of hydrogen-bond donors (Lipinski definition) is 0. The number of para-hydroxylation sites is 1. The van der Waals surface area contributed by atoms with Gasteiger partial charge in [-0.05, 0) is 49.1 Å². The summed E-state index contributed by atoms with van der Waals surface area (Å²) in [4.78, 5) is 13.0. The minimum Gasteiger partial charge on any atom is -0.247 e. The molecule has 1 aromatic heterocycles. The molecule has 0 bridgehead atoms. The molecule has 0 radical (unpaired) electrons. The van der Waals surface area contributed by atoms with Crippen molar-refractivity contribution in [1.29, 1.82) is 0 Å². The molecule has 0 saturated carbocycles. The molecule has 0 amide bonds. The summed E-state index contributed by atoms with van der Waals surface area (Å²) >= 11 is 0. The zero-order valence-electron chi connectivity index (χ0n) is 17.2. The molecule has 158 valence electrons. The maximum atomic E-state index is 13.2. The van der Waals surface area contributed by atoms with Crippen molar-refractivity contribution in [2.45, 2.75) is 37.0 Å². The lowest BCUT2D eigenvalue weighted by molar-refractivity contribution is 0.307. The van der Waals surface area contributed by atoms with Gasteiger partial charge in [-0.15, -0.1) is 0 Å². The molecule has 1 unspecified atom stereocenters. The summed E-state index contributed by atoms with van der Waals surface area (Å²) in [6.07, 6.45) is 2.36. The summed E-state index contributed by atoms with van der Waals surface area (Å²) in [5, 5.41) is 4.47. The maximum Gasteiger partial charge on any atom is 0.350 e. The number of hydrogen-bond acceptors (Lipinski definition) is 4. The summed E-state index contributed by atoms with van der Waals surface area (Å²) in [5.41, 5.74) is 1.61. The highest BCUT2D eigenvalue weighted by molar-refractivity contribution is 7.89. The van der Waals surface area contributed by atoms with E-state index in [1.54, 1.807) is 23.7 Å². The van der Waals surface area contributed by atoms with Crippen molar-refractivity contribution >= 4 is 10.0 Å². The smallest absolute Gasteiger partial charge is 0.247 e. The molecule has 1 saturated heterocycles. The Morgan fingerprint density at radius 1 is 1.07 bits per heavy atom. The van der Waals surface area contributed by atoms with Crippen molar-refractivity contribution in [3.63, 3.8) is 0 Å². The lowest BCUT2D eigenvalue weighted by Gasteiger charge is -2.31. The van der Waals surface area contributed by atoms with Crippen molar-refractivity contribution < 1.29 is 8.42 Å². The first-order valence-electron chi connectivity index (χ1n) is 10.2. The van der Waals surface area contributed by atoms with Crippen molar-refractivity contribution in [3.05, 3.63) is 76.5 Å². The summed E-state index contributed by atoms with van der Waals surface area (Å²) in [6.45, 7) is 2.82. The van der Waals surface area contributed by atoms with Gasteiger partial charge in [0.2, 0.25) is 10.0 Å². The van der Waals surface area contributed by atoms with Gasteiger partial charge in [-0.2, -0.15) is 9.40 Å². The Hall–Kier alpha value is -2.71.